The van der Waals surface area contributed by atoms with E-state index in [0.717, 1.165) is 23.6 Å². The van der Waals surface area contributed by atoms with Gasteiger partial charge in [-0.25, -0.2) is 0 Å². The van der Waals surface area contributed by atoms with Crippen LogP contribution in [0.5, 0.6) is 0 Å². The number of nitrogens with zero attached hydrogens (tertiary/aromatic N) is 1. The number of hydrogen-bond acceptors (Lipinski definition) is 4. The van der Waals surface area contributed by atoms with Gasteiger partial charge in [0.1, 0.15) is 0 Å². The van der Waals surface area contributed by atoms with E-state index in [-0.39, 0.29) is 35.1 Å². The van der Waals surface area contributed by atoms with E-state index in [0.29, 0.717) is 0 Å². The van der Waals surface area contributed by atoms with Crippen molar-refractivity contribution in [3.8, 4) is 0 Å². The molecule has 88 valence electrons. The zero-order valence-corrected chi connectivity index (χ0v) is 13.4. The maximum atomic E-state index is 10.5. The van der Waals surface area contributed by atoms with Crippen molar-refractivity contribution in [2.24, 2.45) is 0 Å². The van der Waals surface area contributed by atoms with Crippen molar-refractivity contribution in [1.82, 2.24) is 4.90 Å². The van der Waals surface area contributed by atoms with Gasteiger partial charge in [-0.2, -0.15) is 0 Å². The standard InChI is InChI=1S/C12H17NO2S.Na/c1-13(2)8-3-9-16-11-6-4-10(5-7-11)12(14)15;/h4-7H,3,8-9H2,1-2H3,(H,14,15);/q;+1/p-1. The summed E-state index contributed by atoms with van der Waals surface area (Å²) in [7, 11) is 4.11. The van der Waals surface area contributed by atoms with E-state index in [1.54, 1.807) is 23.9 Å². The fraction of sp³-hybridized carbons (Fsp3) is 0.417. The smallest absolute Gasteiger partial charge is 0.545 e. The summed E-state index contributed by atoms with van der Waals surface area (Å²) in [5.74, 6) is -0.0767. The van der Waals surface area contributed by atoms with Gasteiger partial charge in [0.25, 0.3) is 0 Å². The van der Waals surface area contributed by atoms with Gasteiger partial charge in [-0.15, -0.1) is 11.8 Å². The molecule has 0 saturated heterocycles. The zero-order valence-electron chi connectivity index (χ0n) is 10.6. The molecule has 0 fully saturated rings. The summed E-state index contributed by atoms with van der Waals surface area (Å²) in [5, 5.41) is 10.5. The third-order valence-electron chi connectivity index (χ3n) is 2.11. The molecule has 0 aliphatic carbocycles. The Morgan fingerprint density at radius 3 is 2.35 bits per heavy atom. The first kappa shape index (κ1) is 17.0. The van der Waals surface area contributed by atoms with Crippen LogP contribution in [-0.2, 0) is 0 Å². The van der Waals surface area contributed by atoms with Gasteiger partial charge in [0.05, 0.1) is 5.97 Å². The maximum Gasteiger partial charge on any atom is 1.00 e. The first-order chi connectivity index (χ1) is 7.59. The summed E-state index contributed by atoms with van der Waals surface area (Å²) in [4.78, 5) is 13.8. The van der Waals surface area contributed by atoms with Gasteiger partial charge in [0.15, 0.2) is 0 Å². The van der Waals surface area contributed by atoms with Crippen LogP contribution in [0.2, 0.25) is 0 Å². The van der Waals surface area contributed by atoms with E-state index in [2.05, 4.69) is 19.0 Å². The summed E-state index contributed by atoms with van der Waals surface area (Å²) in [6.07, 6.45) is 1.12. The van der Waals surface area contributed by atoms with Gasteiger partial charge in [0, 0.05) is 4.90 Å². The number of carboxylic acids is 1. The van der Waals surface area contributed by atoms with E-state index < -0.39 is 5.97 Å². The van der Waals surface area contributed by atoms with Crippen LogP contribution in [0.1, 0.15) is 16.8 Å². The number of aromatic carboxylic acids is 1. The summed E-state index contributed by atoms with van der Waals surface area (Å²) in [6.45, 7) is 1.07. The molecule has 0 N–H and O–H groups in total. The molecule has 0 heterocycles. The molecule has 3 nitrogen and oxygen atoms in total. The van der Waals surface area contributed by atoms with Crippen molar-refractivity contribution in [2.75, 3.05) is 26.4 Å². The Kier molecular flexibility index (Phi) is 9.00. The monoisotopic (exact) mass is 261 g/mol. The number of hydrogen-bond donors (Lipinski definition) is 0. The molecule has 0 aromatic heterocycles. The van der Waals surface area contributed by atoms with E-state index >= 15 is 0 Å². The second kappa shape index (κ2) is 9.00. The molecule has 0 atom stereocenters. The predicted octanol–water partition coefficient (Wildman–Crippen LogP) is -1.90. The topological polar surface area (TPSA) is 43.4 Å². The zero-order chi connectivity index (χ0) is 12.0. The SMILES string of the molecule is CN(C)CCCSc1ccc(C(=O)[O-])cc1.[Na+]. The minimum Gasteiger partial charge on any atom is -0.545 e. The molecule has 0 unspecified atom stereocenters. The number of carboxylic acid groups (broad SMARTS) is 1. The van der Waals surface area contributed by atoms with Crippen LogP contribution in [0.4, 0.5) is 0 Å². The average molecular weight is 261 g/mol. The first-order valence-electron chi connectivity index (χ1n) is 5.18. The van der Waals surface area contributed by atoms with Gasteiger partial charge < -0.3 is 14.8 Å². The number of thioether (sulfide) groups is 1. The van der Waals surface area contributed by atoms with Crippen LogP contribution in [0, 0.1) is 0 Å². The molecule has 1 aromatic carbocycles. The Balaban J connectivity index is 0.00000256. The molecule has 5 heteroatoms. The fourth-order valence-corrected chi connectivity index (χ4v) is 2.10. The van der Waals surface area contributed by atoms with Crippen molar-refractivity contribution in [3.63, 3.8) is 0 Å². The number of benzene rings is 1. The second-order valence-electron chi connectivity index (χ2n) is 3.82. The quantitative estimate of drug-likeness (QED) is 0.341. The van der Waals surface area contributed by atoms with Crippen molar-refractivity contribution in [2.45, 2.75) is 11.3 Å². The van der Waals surface area contributed by atoms with E-state index in [1.807, 2.05) is 12.1 Å². The van der Waals surface area contributed by atoms with Gasteiger partial charge >= 0.3 is 29.6 Å². The first-order valence-corrected chi connectivity index (χ1v) is 6.17. The summed E-state index contributed by atoms with van der Waals surface area (Å²) in [5.41, 5.74) is 0.234. The van der Waals surface area contributed by atoms with Crippen LogP contribution in [-0.4, -0.2) is 37.3 Å². The van der Waals surface area contributed by atoms with E-state index in [1.165, 1.54) is 0 Å². The molecule has 0 saturated carbocycles. The Morgan fingerprint density at radius 1 is 1.29 bits per heavy atom. The molecule has 0 spiro atoms. The molecular weight excluding hydrogens is 245 g/mol. The number of rotatable bonds is 6. The Labute approximate surface area is 129 Å². The van der Waals surface area contributed by atoms with Gasteiger partial charge in [-0.1, -0.05) is 12.1 Å². The van der Waals surface area contributed by atoms with Crippen LogP contribution >= 0.6 is 11.8 Å². The predicted molar refractivity (Wildman–Crippen MR) is 64.7 cm³/mol. The summed E-state index contributed by atoms with van der Waals surface area (Å²) in [6, 6.07) is 6.82. The molecule has 17 heavy (non-hydrogen) atoms. The maximum absolute atomic E-state index is 10.5. The second-order valence-corrected chi connectivity index (χ2v) is 4.99. The molecular formula is C12H16NNaO2S. The third kappa shape index (κ3) is 7.11. The van der Waals surface area contributed by atoms with Gasteiger partial charge in [0.2, 0.25) is 0 Å². The van der Waals surface area contributed by atoms with Crippen LogP contribution in [0.15, 0.2) is 29.2 Å². The molecule has 1 aromatic rings. The van der Waals surface area contributed by atoms with Crippen molar-refractivity contribution in [1.29, 1.82) is 0 Å². The number of carbonyl (C=O) groups is 1. The number of carbonyl (C=O) groups excluding carboxylic acids is 1. The van der Waals surface area contributed by atoms with E-state index in [4.69, 9.17) is 0 Å². The summed E-state index contributed by atoms with van der Waals surface area (Å²) < 4.78 is 0. The van der Waals surface area contributed by atoms with Crippen LogP contribution < -0.4 is 34.7 Å². The molecule has 0 amide bonds. The Bertz CT molecular complexity index is 341. The fourth-order valence-electron chi connectivity index (χ4n) is 1.26. The minimum absolute atomic E-state index is 0. The van der Waals surface area contributed by atoms with Gasteiger partial charge in [-0.05, 0) is 50.5 Å². The minimum atomic E-state index is -1.12. The molecule has 0 bridgehead atoms. The Hall–Kier alpha value is 0. The van der Waals surface area contributed by atoms with Crippen LogP contribution in [0.25, 0.3) is 0 Å². The van der Waals surface area contributed by atoms with Crippen LogP contribution in [0.3, 0.4) is 0 Å². The third-order valence-corrected chi connectivity index (χ3v) is 3.21. The molecule has 0 radical (unpaired) electrons. The largest absolute Gasteiger partial charge is 1.00 e. The van der Waals surface area contributed by atoms with Gasteiger partial charge in [-0.3, -0.25) is 0 Å². The molecule has 0 aliphatic heterocycles. The normalized spacial score (nSPS) is 10.1. The Morgan fingerprint density at radius 2 is 1.88 bits per heavy atom. The summed E-state index contributed by atoms with van der Waals surface area (Å²) >= 11 is 1.74. The molecule has 1 rings (SSSR count). The van der Waals surface area contributed by atoms with Crippen molar-refractivity contribution < 1.29 is 39.5 Å². The van der Waals surface area contributed by atoms with E-state index in [9.17, 15) is 9.90 Å². The molecule has 0 aliphatic rings. The average Bonchev–Trinajstić information content (AvgIpc) is 2.25. The van der Waals surface area contributed by atoms with Crippen molar-refractivity contribution in [3.05, 3.63) is 29.8 Å². The van der Waals surface area contributed by atoms with Crippen molar-refractivity contribution >= 4 is 17.7 Å².